The summed E-state index contributed by atoms with van der Waals surface area (Å²) in [6, 6.07) is 1.70. The Bertz CT molecular complexity index is 727. The molecular weight excluding hydrogens is 348 g/mol. The van der Waals surface area contributed by atoms with Crippen LogP contribution in [0.4, 0.5) is 17.6 Å². The third-order valence-corrected chi connectivity index (χ3v) is 3.06. The Morgan fingerprint density at radius 2 is 1.90 bits per heavy atom. The van der Waals surface area contributed by atoms with Gasteiger partial charge in [0.05, 0.1) is 5.56 Å². The predicted molar refractivity (Wildman–Crippen MR) is 64.6 cm³/mol. The van der Waals surface area contributed by atoms with Crippen LogP contribution in [-0.4, -0.2) is 15.1 Å². The molecule has 20 heavy (non-hydrogen) atoms. The van der Waals surface area contributed by atoms with Gasteiger partial charge in [0.15, 0.2) is 0 Å². The standard InChI is InChI=1S/C11H5BrF4N2O2/c12-7-9(19)17-8(18-10(7)20)4-1-5(11(14,15)16)3-6(13)2-4/h1-3H,(H2,17,18,19,20). The van der Waals surface area contributed by atoms with Crippen molar-refractivity contribution in [2.45, 2.75) is 6.18 Å². The summed E-state index contributed by atoms with van der Waals surface area (Å²) in [7, 11) is 0. The minimum Gasteiger partial charge on any atom is -0.492 e. The van der Waals surface area contributed by atoms with Gasteiger partial charge in [0, 0.05) is 5.56 Å². The van der Waals surface area contributed by atoms with Crippen molar-refractivity contribution in [1.82, 2.24) is 9.97 Å². The van der Waals surface area contributed by atoms with Gasteiger partial charge in [-0.05, 0) is 34.1 Å². The van der Waals surface area contributed by atoms with Gasteiger partial charge in [0.1, 0.15) is 16.1 Å². The maximum atomic E-state index is 13.2. The lowest BCUT2D eigenvalue weighted by Crippen LogP contribution is -2.11. The summed E-state index contributed by atoms with van der Waals surface area (Å²) in [6.07, 6.45) is -4.74. The largest absolute Gasteiger partial charge is 0.492 e. The number of nitrogens with one attached hydrogen (secondary N) is 1. The highest BCUT2D eigenvalue weighted by molar-refractivity contribution is 9.10. The number of H-pyrrole nitrogens is 1. The molecule has 0 aliphatic carbocycles. The number of aromatic amines is 1. The highest BCUT2D eigenvalue weighted by Gasteiger charge is 2.31. The minimum absolute atomic E-state index is 0.270. The van der Waals surface area contributed by atoms with E-state index >= 15 is 0 Å². The van der Waals surface area contributed by atoms with Crippen molar-refractivity contribution in [3.05, 3.63) is 44.4 Å². The van der Waals surface area contributed by atoms with Crippen LogP contribution in [0.1, 0.15) is 5.56 Å². The van der Waals surface area contributed by atoms with E-state index in [1.54, 1.807) is 0 Å². The Hall–Kier alpha value is -1.90. The normalized spacial score (nSPS) is 11.7. The molecule has 0 bridgehead atoms. The van der Waals surface area contributed by atoms with Crippen LogP contribution in [0, 0.1) is 5.82 Å². The molecule has 0 aliphatic rings. The molecule has 1 aromatic heterocycles. The molecule has 0 spiro atoms. The van der Waals surface area contributed by atoms with Crippen LogP contribution >= 0.6 is 15.9 Å². The van der Waals surface area contributed by atoms with Gasteiger partial charge in [0.25, 0.3) is 5.56 Å². The average molecular weight is 353 g/mol. The summed E-state index contributed by atoms with van der Waals surface area (Å²) in [5.41, 5.74) is -2.33. The van der Waals surface area contributed by atoms with E-state index in [-0.39, 0.29) is 15.9 Å². The second-order valence-electron chi connectivity index (χ2n) is 3.78. The van der Waals surface area contributed by atoms with Crippen LogP contribution in [0.5, 0.6) is 5.88 Å². The van der Waals surface area contributed by atoms with Crippen LogP contribution < -0.4 is 5.56 Å². The molecular formula is C11H5BrF4N2O2. The smallest absolute Gasteiger partial charge is 0.416 e. The Labute approximate surface area is 117 Å². The molecule has 2 aromatic rings. The van der Waals surface area contributed by atoms with Crippen molar-refractivity contribution < 1.29 is 22.7 Å². The molecule has 1 heterocycles. The van der Waals surface area contributed by atoms with Crippen LogP contribution in [0.2, 0.25) is 0 Å². The predicted octanol–water partition coefficient (Wildman–Crippen LogP) is 3.06. The van der Waals surface area contributed by atoms with Gasteiger partial charge < -0.3 is 10.1 Å². The van der Waals surface area contributed by atoms with E-state index in [0.717, 1.165) is 6.07 Å². The van der Waals surface area contributed by atoms with Crippen molar-refractivity contribution in [2.24, 2.45) is 0 Å². The van der Waals surface area contributed by atoms with E-state index in [9.17, 15) is 27.5 Å². The Morgan fingerprint density at radius 1 is 1.25 bits per heavy atom. The molecule has 0 radical (unpaired) electrons. The van der Waals surface area contributed by atoms with Crippen molar-refractivity contribution >= 4 is 15.9 Å². The molecule has 9 heteroatoms. The number of nitrogens with zero attached hydrogens (tertiary/aromatic N) is 1. The first-order valence-electron chi connectivity index (χ1n) is 5.05. The number of rotatable bonds is 1. The molecule has 1 aromatic carbocycles. The third kappa shape index (κ3) is 2.82. The maximum Gasteiger partial charge on any atom is 0.416 e. The zero-order valence-electron chi connectivity index (χ0n) is 9.42. The monoisotopic (exact) mass is 352 g/mol. The van der Waals surface area contributed by atoms with E-state index in [1.807, 2.05) is 0 Å². The van der Waals surface area contributed by atoms with Crippen LogP contribution in [-0.2, 0) is 6.18 Å². The van der Waals surface area contributed by atoms with E-state index in [0.29, 0.717) is 12.1 Å². The molecule has 0 atom stereocenters. The number of hydrogen-bond donors (Lipinski definition) is 2. The summed E-state index contributed by atoms with van der Waals surface area (Å²) in [6.45, 7) is 0. The van der Waals surface area contributed by atoms with Gasteiger partial charge in [-0.1, -0.05) is 0 Å². The van der Waals surface area contributed by atoms with Gasteiger partial charge in [-0.2, -0.15) is 18.2 Å². The number of alkyl halides is 3. The molecule has 0 saturated heterocycles. The molecule has 0 fully saturated rings. The lowest BCUT2D eigenvalue weighted by molar-refractivity contribution is -0.137. The molecule has 4 nitrogen and oxygen atoms in total. The lowest BCUT2D eigenvalue weighted by atomic mass is 10.1. The first kappa shape index (κ1) is 14.5. The fourth-order valence-corrected chi connectivity index (χ4v) is 1.66. The van der Waals surface area contributed by atoms with Gasteiger partial charge in [-0.15, -0.1) is 0 Å². The summed E-state index contributed by atoms with van der Waals surface area (Å²) >= 11 is 2.74. The molecule has 106 valence electrons. The number of aromatic hydroxyl groups is 1. The number of halogens is 5. The van der Waals surface area contributed by atoms with Crippen LogP contribution in [0.15, 0.2) is 27.5 Å². The third-order valence-electron chi connectivity index (χ3n) is 2.34. The molecule has 2 N–H and O–H groups in total. The first-order valence-corrected chi connectivity index (χ1v) is 5.84. The number of benzene rings is 1. The highest BCUT2D eigenvalue weighted by atomic mass is 79.9. The van der Waals surface area contributed by atoms with Gasteiger partial charge >= 0.3 is 6.18 Å². The van der Waals surface area contributed by atoms with Crippen LogP contribution in [0.25, 0.3) is 11.4 Å². The Kier molecular flexibility index (Phi) is 3.55. The van der Waals surface area contributed by atoms with Crippen molar-refractivity contribution in [3.8, 4) is 17.3 Å². The summed E-state index contributed by atoms with van der Waals surface area (Å²) in [5, 5.41) is 9.35. The number of hydrogen-bond acceptors (Lipinski definition) is 3. The van der Waals surface area contributed by atoms with E-state index in [4.69, 9.17) is 0 Å². The SMILES string of the molecule is O=c1[nH]c(-c2cc(F)cc(C(F)(F)F)c2)nc(O)c1Br. The molecule has 0 aliphatic heterocycles. The fraction of sp³-hybridized carbons (Fsp3) is 0.0909. The lowest BCUT2D eigenvalue weighted by Gasteiger charge is -2.09. The van der Waals surface area contributed by atoms with E-state index in [2.05, 4.69) is 25.9 Å². The number of aromatic nitrogens is 2. The quantitative estimate of drug-likeness (QED) is 0.775. The second kappa shape index (κ2) is 4.89. The van der Waals surface area contributed by atoms with Crippen LogP contribution in [0.3, 0.4) is 0 Å². The molecule has 0 saturated carbocycles. The van der Waals surface area contributed by atoms with Gasteiger partial charge in [-0.25, -0.2) is 4.39 Å². The second-order valence-corrected chi connectivity index (χ2v) is 4.57. The van der Waals surface area contributed by atoms with Crippen molar-refractivity contribution in [2.75, 3.05) is 0 Å². The van der Waals surface area contributed by atoms with Gasteiger partial charge in [0.2, 0.25) is 5.88 Å². The maximum absolute atomic E-state index is 13.2. The Morgan fingerprint density at radius 3 is 2.45 bits per heavy atom. The van der Waals surface area contributed by atoms with Crippen molar-refractivity contribution in [1.29, 1.82) is 0 Å². The van der Waals surface area contributed by atoms with E-state index in [1.165, 1.54) is 0 Å². The highest BCUT2D eigenvalue weighted by Crippen LogP contribution is 2.32. The van der Waals surface area contributed by atoms with Gasteiger partial charge in [-0.3, -0.25) is 4.79 Å². The molecule has 2 rings (SSSR count). The molecule has 0 amide bonds. The first-order chi connectivity index (χ1) is 9.18. The average Bonchev–Trinajstić information content (AvgIpc) is 2.33. The minimum atomic E-state index is -4.74. The summed E-state index contributed by atoms with van der Waals surface area (Å²) in [4.78, 5) is 17.0. The summed E-state index contributed by atoms with van der Waals surface area (Å²) < 4.78 is 50.7. The molecule has 0 unspecified atom stereocenters. The zero-order chi connectivity index (χ0) is 15.1. The summed E-state index contributed by atoms with van der Waals surface area (Å²) in [5.74, 6) is -2.22. The zero-order valence-corrected chi connectivity index (χ0v) is 11.0. The Balaban J connectivity index is 2.65. The fourth-order valence-electron chi connectivity index (χ4n) is 1.47. The van der Waals surface area contributed by atoms with Crippen molar-refractivity contribution in [3.63, 3.8) is 0 Å². The topological polar surface area (TPSA) is 66.0 Å². The van der Waals surface area contributed by atoms with E-state index < -0.39 is 29.0 Å².